The van der Waals surface area contributed by atoms with Crippen LogP contribution in [0.2, 0.25) is 0 Å². The summed E-state index contributed by atoms with van der Waals surface area (Å²) in [5.74, 6) is 0.577. The highest BCUT2D eigenvalue weighted by Crippen LogP contribution is 2.33. The van der Waals surface area contributed by atoms with Crippen LogP contribution < -0.4 is 4.90 Å². The van der Waals surface area contributed by atoms with E-state index >= 15 is 0 Å². The average Bonchev–Trinajstić information content (AvgIpc) is 3.31. The van der Waals surface area contributed by atoms with Crippen LogP contribution in [0.5, 0.6) is 0 Å². The van der Waals surface area contributed by atoms with E-state index in [0.717, 1.165) is 43.1 Å². The predicted molar refractivity (Wildman–Crippen MR) is 114 cm³/mol. The molecular formula is C21H27N5OS. The summed E-state index contributed by atoms with van der Waals surface area (Å²) >= 11 is 1.79. The van der Waals surface area contributed by atoms with E-state index in [-0.39, 0.29) is 5.91 Å². The average molecular weight is 398 g/mol. The van der Waals surface area contributed by atoms with Crippen molar-refractivity contribution in [1.29, 1.82) is 0 Å². The number of thiazole rings is 1. The number of carbonyl (C=O) groups is 1. The number of hydrogen-bond acceptors (Lipinski definition) is 5. The van der Waals surface area contributed by atoms with Gasteiger partial charge in [0, 0.05) is 39.9 Å². The van der Waals surface area contributed by atoms with E-state index in [2.05, 4.69) is 36.0 Å². The Morgan fingerprint density at radius 1 is 1.29 bits per heavy atom. The third kappa shape index (κ3) is 3.63. The van der Waals surface area contributed by atoms with Gasteiger partial charge in [-0.25, -0.2) is 4.98 Å². The van der Waals surface area contributed by atoms with Gasteiger partial charge in [0.15, 0.2) is 5.13 Å². The Morgan fingerprint density at radius 2 is 2.04 bits per heavy atom. The van der Waals surface area contributed by atoms with Gasteiger partial charge in [0.2, 0.25) is 0 Å². The molecule has 0 unspecified atom stereocenters. The van der Waals surface area contributed by atoms with Crippen molar-refractivity contribution in [3.63, 3.8) is 0 Å². The molecule has 0 spiro atoms. The first-order chi connectivity index (χ1) is 13.4. The highest BCUT2D eigenvalue weighted by molar-refractivity contribution is 7.22. The van der Waals surface area contributed by atoms with Crippen LogP contribution in [0, 0.1) is 19.8 Å². The van der Waals surface area contributed by atoms with Crippen molar-refractivity contribution >= 4 is 32.6 Å². The summed E-state index contributed by atoms with van der Waals surface area (Å²) in [5.41, 5.74) is 4.38. The van der Waals surface area contributed by atoms with Gasteiger partial charge in [-0.2, -0.15) is 5.10 Å². The smallest absolute Gasteiger partial charge is 0.256 e. The van der Waals surface area contributed by atoms with Crippen molar-refractivity contribution in [2.75, 3.05) is 31.6 Å². The van der Waals surface area contributed by atoms with E-state index in [1.54, 1.807) is 28.4 Å². The van der Waals surface area contributed by atoms with Crippen LogP contribution in [0.4, 0.5) is 5.13 Å². The van der Waals surface area contributed by atoms with Gasteiger partial charge < -0.3 is 9.80 Å². The lowest BCUT2D eigenvalue weighted by Gasteiger charge is -2.33. The lowest BCUT2D eigenvalue weighted by Crippen LogP contribution is -2.39. The number of amides is 1. The molecule has 7 heteroatoms. The van der Waals surface area contributed by atoms with E-state index in [0.29, 0.717) is 11.5 Å². The first-order valence-corrected chi connectivity index (χ1v) is 10.6. The molecule has 1 aliphatic rings. The van der Waals surface area contributed by atoms with Crippen molar-refractivity contribution in [3.05, 3.63) is 41.2 Å². The van der Waals surface area contributed by atoms with E-state index in [4.69, 9.17) is 4.98 Å². The molecule has 3 heterocycles. The summed E-state index contributed by atoms with van der Waals surface area (Å²) in [6.07, 6.45) is 5.58. The van der Waals surface area contributed by atoms with Crippen LogP contribution in [0.25, 0.3) is 10.2 Å². The minimum Gasteiger partial charge on any atom is -0.348 e. The molecule has 6 nitrogen and oxygen atoms in total. The van der Waals surface area contributed by atoms with Crippen LogP contribution in [0.3, 0.4) is 0 Å². The second-order valence-electron chi connectivity index (χ2n) is 7.87. The van der Waals surface area contributed by atoms with E-state index in [1.165, 1.54) is 15.8 Å². The Hall–Kier alpha value is -2.41. The Morgan fingerprint density at radius 3 is 2.71 bits per heavy atom. The highest BCUT2D eigenvalue weighted by atomic mass is 32.1. The molecule has 148 valence electrons. The third-order valence-corrected chi connectivity index (χ3v) is 6.87. The number of aromatic nitrogens is 3. The zero-order valence-electron chi connectivity index (χ0n) is 17.0. The number of fused-ring (bicyclic) bond motifs is 1. The largest absolute Gasteiger partial charge is 0.348 e. The van der Waals surface area contributed by atoms with Gasteiger partial charge >= 0.3 is 0 Å². The zero-order chi connectivity index (χ0) is 19.8. The van der Waals surface area contributed by atoms with E-state index < -0.39 is 0 Å². The van der Waals surface area contributed by atoms with Crippen molar-refractivity contribution < 1.29 is 4.79 Å². The molecule has 0 radical (unpaired) electrons. The quantitative estimate of drug-likeness (QED) is 0.675. The monoisotopic (exact) mass is 397 g/mol. The topological polar surface area (TPSA) is 54.3 Å². The van der Waals surface area contributed by atoms with Gasteiger partial charge in [-0.1, -0.05) is 17.4 Å². The summed E-state index contributed by atoms with van der Waals surface area (Å²) in [6, 6.07) is 4.37. The van der Waals surface area contributed by atoms with Gasteiger partial charge in [0.05, 0.1) is 22.0 Å². The Balaban J connectivity index is 1.37. The Labute approximate surface area is 169 Å². The Bertz CT molecular complexity index is 1000. The summed E-state index contributed by atoms with van der Waals surface area (Å²) < 4.78 is 2.93. The van der Waals surface area contributed by atoms with Gasteiger partial charge in [-0.15, -0.1) is 0 Å². The van der Waals surface area contributed by atoms with E-state index in [9.17, 15) is 4.79 Å². The lowest BCUT2D eigenvalue weighted by atomic mass is 9.96. The molecule has 4 rings (SSSR count). The number of piperidine rings is 1. The number of carbonyl (C=O) groups excluding carboxylic acids is 1. The molecule has 0 atom stereocenters. The normalized spacial score (nSPS) is 15.4. The molecule has 28 heavy (non-hydrogen) atoms. The fourth-order valence-corrected chi connectivity index (χ4v) is 4.96. The fourth-order valence-electron chi connectivity index (χ4n) is 3.88. The minimum absolute atomic E-state index is 0.0487. The zero-order valence-corrected chi connectivity index (χ0v) is 17.8. The second kappa shape index (κ2) is 7.54. The molecule has 0 aliphatic carbocycles. The van der Waals surface area contributed by atoms with Gasteiger partial charge in [0.1, 0.15) is 0 Å². The third-order valence-electron chi connectivity index (χ3n) is 5.79. The maximum Gasteiger partial charge on any atom is 0.256 e. The molecule has 1 aromatic carbocycles. The summed E-state index contributed by atoms with van der Waals surface area (Å²) in [5, 5.41) is 5.22. The standard InChI is InChI=1S/C21H27N5OS/c1-14-5-6-18-19(15(14)2)23-21(28-18)26-9-7-16(8-10-26)12-24(3)20(27)17-11-22-25(4)13-17/h5-6,11,13,16H,7-10,12H2,1-4H3. The number of nitrogens with zero attached hydrogens (tertiary/aromatic N) is 5. The maximum absolute atomic E-state index is 12.5. The van der Waals surface area contributed by atoms with Crippen molar-refractivity contribution in [2.45, 2.75) is 26.7 Å². The van der Waals surface area contributed by atoms with Crippen LogP contribution in [0.1, 0.15) is 34.3 Å². The Kier molecular flexibility index (Phi) is 5.10. The SMILES string of the molecule is Cc1ccc2sc(N3CCC(CN(C)C(=O)c4cnn(C)c4)CC3)nc2c1C. The predicted octanol–water partition coefficient (Wildman–Crippen LogP) is 3.64. The first kappa shape index (κ1) is 18.9. The first-order valence-electron chi connectivity index (χ1n) is 9.78. The molecular weight excluding hydrogens is 370 g/mol. The number of anilines is 1. The molecule has 1 saturated heterocycles. The second-order valence-corrected chi connectivity index (χ2v) is 8.88. The molecule has 0 bridgehead atoms. The molecule has 3 aromatic rings. The molecule has 1 aliphatic heterocycles. The number of hydrogen-bond donors (Lipinski definition) is 0. The number of aryl methyl sites for hydroxylation is 3. The lowest BCUT2D eigenvalue weighted by molar-refractivity contribution is 0.0765. The van der Waals surface area contributed by atoms with Gasteiger partial charge in [-0.3, -0.25) is 9.48 Å². The van der Waals surface area contributed by atoms with Gasteiger partial charge in [-0.05, 0) is 49.8 Å². The molecule has 1 amide bonds. The van der Waals surface area contributed by atoms with Gasteiger partial charge in [0.25, 0.3) is 5.91 Å². The van der Waals surface area contributed by atoms with E-state index in [1.807, 2.05) is 19.0 Å². The number of rotatable bonds is 4. The van der Waals surface area contributed by atoms with Crippen molar-refractivity contribution in [3.8, 4) is 0 Å². The molecule has 2 aromatic heterocycles. The molecule has 0 N–H and O–H groups in total. The summed E-state index contributed by atoms with van der Waals surface area (Å²) in [7, 11) is 3.72. The van der Waals surface area contributed by atoms with Crippen molar-refractivity contribution in [2.24, 2.45) is 13.0 Å². The van der Waals surface area contributed by atoms with Crippen LogP contribution in [-0.2, 0) is 7.05 Å². The maximum atomic E-state index is 12.5. The minimum atomic E-state index is 0.0487. The summed E-state index contributed by atoms with van der Waals surface area (Å²) in [4.78, 5) is 21.7. The van der Waals surface area contributed by atoms with Crippen LogP contribution in [-0.4, -0.2) is 52.3 Å². The highest BCUT2D eigenvalue weighted by Gasteiger charge is 2.25. The molecule has 1 fully saturated rings. The van der Waals surface area contributed by atoms with Crippen LogP contribution >= 0.6 is 11.3 Å². The summed E-state index contributed by atoms with van der Waals surface area (Å²) in [6.45, 7) is 7.08. The fraction of sp³-hybridized carbons (Fsp3) is 0.476. The van der Waals surface area contributed by atoms with Crippen molar-refractivity contribution in [1.82, 2.24) is 19.7 Å². The molecule has 0 saturated carbocycles. The van der Waals surface area contributed by atoms with Crippen LogP contribution in [0.15, 0.2) is 24.5 Å². The number of benzene rings is 1.